The van der Waals surface area contributed by atoms with E-state index in [2.05, 4.69) is 4.98 Å². The number of pyridine rings is 1. The average Bonchev–Trinajstić information content (AvgIpc) is 2.23. The molecule has 0 aliphatic heterocycles. The van der Waals surface area contributed by atoms with Crippen molar-refractivity contribution in [3.05, 3.63) is 44.7 Å². The van der Waals surface area contributed by atoms with Crippen molar-refractivity contribution in [1.29, 1.82) is 0 Å². The smallest absolute Gasteiger partial charge is 0.264 e. The number of fused-ring (bicyclic) bond motifs is 1. The van der Waals surface area contributed by atoms with E-state index in [4.69, 9.17) is 23.2 Å². The van der Waals surface area contributed by atoms with Gasteiger partial charge in [-0.1, -0.05) is 23.2 Å². The molecule has 0 fully saturated rings. The van der Waals surface area contributed by atoms with Crippen molar-refractivity contribution in [3.63, 3.8) is 0 Å². The van der Waals surface area contributed by atoms with Crippen LogP contribution in [0, 0.1) is 10.1 Å². The molecule has 0 amide bonds. The van der Waals surface area contributed by atoms with Gasteiger partial charge in [0.15, 0.2) is 0 Å². The Morgan fingerprint density at radius 3 is 2.73 bits per heavy atom. The molecule has 2 aromatic rings. The minimum absolute atomic E-state index is 0.0625. The minimum atomic E-state index is -0.569. The second kappa shape index (κ2) is 3.64. The van der Waals surface area contributed by atoms with Crippen molar-refractivity contribution in [2.24, 2.45) is 0 Å². The standard InChI is InChI=1S/C9H4Cl2N2O2/c10-7-3-8(13(14)15)9(11)6-4-12-2-1-5(6)7/h1-4H. The zero-order chi connectivity index (χ0) is 11.0. The van der Waals surface area contributed by atoms with Crippen LogP contribution in [0.2, 0.25) is 10.0 Å². The maximum Gasteiger partial charge on any atom is 0.290 e. The summed E-state index contributed by atoms with van der Waals surface area (Å²) in [5.41, 5.74) is -0.206. The van der Waals surface area contributed by atoms with Crippen molar-refractivity contribution < 1.29 is 4.92 Å². The van der Waals surface area contributed by atoms with E-state index < -0.39 is 4.92 Å². The van der Waals surface area contributed by atoms with Gasteiger partial charge < -0.3 is 0 Å². The summed E-state index contributed by atoms with van der Waals surface area (Å²) in [4.78, 5) is 13.9. The lowest BCUT2D eigenvalue weighted by Gasteiger charge is -2.02. The lowest BCUT2D eigenvalue weighted by molar-refractivity contribution is -0.384. The summed E-state index contributed by atoms with van der Waals surface area (Å²) < 4.78 is 0. The van der Waals surface area contributed by atoms with Crippen LogP contribution in [0.25, 0.3) is 10.8 Å². The van der Waals surface area contributed by atoms with Crippen LogP contribution >= 0.6 is 23.2 Å². The number of rotatable bonds is 1. The van der Waals surface area contributed by atoms with Crippen LogP contribution in [0.1, 0.15) is 0 Å². The maximum absolute atomic E-state index is 10.7. The fourth-order valence-electron chi connectivity index (χ4n) is 1.31. The highest BCUT2D eigenvalue weighted by molar-refractivity contribution is 6.41. The number of nitro groups is 1. The normalized spacial score (nSPS) is 10.5. The molecule has 1 aromatic carbocycles. The Kier molecular flexibility index (Phi) is 2.46. The molecule has 1 aromatic heterocycles. The Morgan fingerprint density at radius 2 is 2.07 bits per heavy atom. The molecular weight excluding hydrogens is 239 g/mol. The monoisotopic (exact) mass is 242 g/mol. The quantitative estimate of drug-likeness (QED) is 0.569. The van der Waals surface area contributed by atoms with Gasteiger partial charge in [0.1, 0.15) is 5.02 Å². The fraction of sp³-hybridized carbons (Fsp3) is 0. The first-order valence-electron chi connectivity index (χ1n) is 3.97. The molecule has 0 unspecified atom stereocenters. The number of aromatic nitrogens is 1. The highest BCUT2D eigenvalue weighted by Gasteiger charge is 2.17. The van der Waals surface area contributed by atoms with Crippen LogP contribution < -0.4 is 0 Å². The SMILES string of the molecule is O=[N+]([O-])c1cc(Cl)c2ccncc2c1Cl. The summed E-state index contributed by atoms with van der Waals surface area (Å²) in [6, 6.07) is 2.90. The van der Waals surface area contributed by atoms with E-state index in [9.17, 15) is 10.1 Å². The lowest BCUT2D eigenvalue weighted by atomic mass is 10.1. The second-order valence-electron chi connectivity index (χ2n) is 2.87. The van der Waals surface area contributed by atoms with Crippen molar-refractivity contribution >= 4 is 39.7 Å². The van der Waals surface area contributed by atoms with Gasteiger partial charge in [0, 0.05) is 29.2 Å². The highest BCUT2D eigenvalue weighted by atomic mass is 35.5. The second-order valence-corrected chi connectivity index (χ2v) is 3.66. The molecule has 0 atom stereocenters. The van der Waals surface area contributed by atoms with Gasteiger partial charge in [0.2, 0.25) is 0 Å². The molecule has 0 saturated heterocycles. The molecule has 15 heavy (non-hydrogen) atoms. The van der Waals surface area contributed by atoms with E-state index in [1.54, 1.807) is 12.3 Å². The van der Waals surface area contributed by atoms with Crippen molar-refractivity contribution in [3.8, 4) is 0 Å². The summed E-state index contributed by atoms with van der Waals surface area (Å²) in [5.74, 6) is 0. The topological polar surface area (TPSA) is 56.0 Å². The van der Waals surface area contributed by atoms with Crippen LogP contribution in [0.4, 0.5) is 5.69 Å². The minimum Gasteiger partial charge on any atom is -0.264 e. The van der Waals surface area contributed by atoms with Crippen molar-refractivity contribution in [1.82, 2.24) is 4.98 Å². The van der Waals surface area contributed by atoms with E-state index in [1.165, 1.54) is 12.3 Å². The molecule has 0 saturated carbocycles. The Balaban J connectivity index is 2.90. The number of nitrogens with zero attached hydrogens (tertiary/aromatic N) is 2. The summed E-state index contributed by atoms with van der Waals surface area (Å²) in [6.07, 6.45) is 3.01. The van der Waals surface area contributed by atoms with Gasteiger partial charge in [-0.3, -0.25) is 15.1 Å². The van der Waals surface area contributed by atoms with Crippen LogP contribution in [0.5, 0.6) is 0 Å². The first-order chi connectivity index (χ1) is 7.11. The lowest BCUT2D eigenvalue weighted by Crippen LogP contribution is -1.90. The highest BCUT2D eigenvalue weighted by Crippen LogP contribution is 2.36. The summed E-state index contributed by atoms with van der Waals surface area (Å²) in [6.45, 7) is 0. The fourth-order valence-corrected chi connectivity index (χ4v) is 1.85. The van der Waals surface area contributed by atoms with Crippen molar-refractivity contribution in [2.45, 2.75) is 0 Å². The Morgan fingerprint density at radius 1 is 1.33 bits per heavy atom. The molecule has 0 aliphatic carbocycles. The van der Waals surface area contributed by atoms with Gasteiger partial charge in [0.25, 0.3) is 5.69 Å². The van der Waals surface area contributed by atoms with Crippen LogP contribution in [0.15, 0.2) is 24.5 Å². The molecule has 1 heterocycles. The van der Waals surface area contributed by atoms with Crippen LogP contribution in [0.3, 0.4) is 0 Å². The predicted molar refractivity (Wildman–Crippen MR) is 58.4 cm³/mol. The van der Waals surface area contributed by atoms with E-state index in [1.807, 2.05) is 0 Å². The summed E-state index contributed by atoms with van der Waals surface area (Å²) in [5, 5.41) is 12.2. The van der Waals surface area contributed by atoms with E-state index >= 15 is 0 Å². The predicted octanol–water partition coefficient (Wildman–Crippen LogP) is 3.45. The summed E-state index contributed by atoms with van der Waals surface area (Å²) >= 11 is 11.8. The molecule has 0 bridgehead atoms. The van der Waals surface area contributed by atoms with Gasteiger partial charge in [-0.2, -0.15) is 0 Å². The molecule has 0 spiro atoms. The molecule has 0 radical (unpaired) electrons. The van der Waals surface area contributed by atoms with E-state index in [0.29, 0.717) is 15.8 Å². The first-order valence-corrected chi connectivity index (χ1v) is 4.73. The molecule has 0 aliphatic rings. The van der Waals surface area contributed by atoms with Gasteiger partial charge in [0.05, 0.1) is 9.95 Å². The van der Waals surface area contributed by atoms with Crippen LogP contribution in [-0.4, -0.2) is 9.91 Å². The van der Waals surface area contributed by atoms with Gasteiger partial charge in [-0.05, 0) is 6.07 Å². The maximum atomic E-state index is 10.7. The molecule has 76 valence electrons. The number of nitro benzene ring substituents is 1. The number of hydrogen-bond acceptors (Lipinski definition) is 3. The Bertz CT molecular complexity index is 557. The molecular formula is C9H4Cl2N2O2. The molecule has 0 N–H and O–H groups in total. The molecule has 6 heteroatoms. The Labute approximate surface area is 94.6 Å². The molecule has 4 nitrogen and oxygen atoms in total. The average molecular weight is 243 g/mol. The van der Waals surface area contributed by atoms with Crippen molar-refractivity contribution in [2.75, 3.05) is 0 Å². The van der Waals surface area contributed by atoms with E-state index in [-0.39, 0.29) is 10.7 Å². The number of benzene rings is 1. The van der Waals surface area contributed by atoms with Gasteiger partial charge in [-0.25, -0.2) is 0 Å². The third-order valence-corrected chi connectivity index (χ3v) is 2.71. The first kappa shape index (κ1) is 10.1. The molecule has 2 rings (SSSR count). The Hall–Kier alpha value is -1.39. The number of halogens is 2. The summed E-state index contributed by atoms with van der Waals surface area (Å²) in [7, 11) is 0. The van der Waals surface area contributed by atoms with Gasteiger partial charge in [-0.15, -0.1) is 0 Å². The largest absolute Gasteiger partial charge is 0.290 e. The zero-order valence-electron chi connectivity index (χ0n) is 7.28. The number of hydrogen-bond donors (Lipinski definition) is 0. The van der Waals surface area contributed by atoms with E-state index in [0.717, 1.165) is 0 Å². The third kappa shape index (κ3) is 1.62. The third-order valence-electron chi connectivity index (χ3n) is 2.00. The van der Waals surface area contributed by atoms with Gasteiger partial charge >= 0.3 is 0 Å². The zero-order valence-corrected chi connectivity index (χ0v) is 8.79. The van der Waals surface area contributed by atoms with Crippen LogP contribution in [-0.2, 0) is 0 Å².